The van der Waals surface area contributed by atoms with Crippen LogP contribution in [0.4, 0.5) is 4.39 Å². The van der Waals surface area contributed by atoms with Gasteiger partial charge in [0.1, 0.15) is 11.6 Å². The van der Waals surface area contributed by atoms with Gasteiger partial charge in [-0.1, -0.05) is 18.2 Å². The molecule has 0 N–H and O–H groups in total. The van der Waals surface area contributed by atoms with Gasteiger partial charge in [0.15, 0.2) is 0 Å². The Balaban J connectivity index is 1.48. The SMILES string of the molecule is Fc1ccc(-c2nc3n(c2-c2ccncc2)C(Cn2ccc4ccccc42)CC3)cc1. The Morgan fingerprint density at radius 1 is 0.903 bits per heavy atom. The van der Waals surface area contributed by atoms with Crippen molar-refractivity contribution in [1.82, 2.24) is 19.1 Å². The molecule has 5 aromatic rings. The molecule has 31 heavy (non-hydrogen) atoms. The number of rotatable bonds is 4. The quantitative estimate of drug-likeness (QED) is 0.371. The molecule has 0 saturated heterocycles. The van der Waals surface area contributed by atoms with Crippen LogP contribution in [0, 0.1) is 5.82 Å². The summed E-state index contributed by atoms with van der Waals surface area (Å²) in [6.45, 7) is 0.887. The minimum absolute atomic E-state index is 0.238. The molecule has 2 aromatic carbocycles. The Hall–Kier alpha value is -3.73. The summed E-state index contributed by atoms with van der Waals surface area (Å²) in [6, 6.07) is 21.6. The number of nitrogens with zero attached hydrogens (tertiary/aromatic N) is 4. The number of benzene rings is 2. The fraction of sp³-hybridized carbons (Fsp3) is 0.154. The molecular formula is C26H21FN4. The molecule has 0 spiro atoms. The third kappa shape index (κ3) is 3.05. The largest absolute Gasteiger partial charge is 0.345 e. The molecule has 5 heteroatoms. The summed E-state index contributed by atoms with van der Waals surface area (Å²) in [5, 5.41) is 1.26. The predicted molar refractivity (Wildman–Crippen MR) is 120 cm³/mol. The zero-order valence-corrected chi connectivity index (χ0v) is 16.9. The number of imidazole rings is 1. The normalized spacial score (nSPS) is 15.5. The lowest BCUT2D eigenvalue weighted by molar-refractivity contribution is 0.459. The second-order valence-electron chi connectivity index (χ2n) is 8.06. The minimum atomic E-state index is -0.238. The minimum Gasteiger partial charge on any atom is -0.345 e. The van der Waals surface area contributed by atoms with E-state index in [0.29, 0.717) is 6.04 Å². The van der Waals surface area contributed by atoms with E-state index in [0.717, 1.165) is 47.7 Å². The highest BCUT2D eigenvalue weighted by Gasteiger charge is 2.30. The maximum Gasteiger partial charge on any atom is 0.123 e. The number of aromatic nitrogens is 4. The average molecular weight is 408 g/mol. The van der Waals surface area contributed by atoms with Crippen molar-refractivity contribution in [2.24, 2.45) is 0 Å². The number of para-hydroxylation sites is 1. The first-order valence-electron chi connectivity index (χ1n) is 10.6. The Bertz CT molecular complexity index is 1370. The third-order valence-electron chi connectivity index (χ3n) is 6.21. The van der Waals surface area contributed by atoms with Crippen molar-refractivity contribution in [2.45, 2.75) is 25.4 Å². The molecule has 1 aliphatic rings. The van der Waals surface area contributed by atoms with Crippen LogP contribution in [0.25, 0.3) is 33.4 Å². The van der Waals surface area contributed by atoms with Gasteiger partial charge in [-0.05, 0) is 60.3 Å². The number of aryl methyl sites for hydroxylation is 1. The molecule has 4 heterocycles. The Morgan fingerprint density at radius 2 is 1.71 bits per heavy atom. The van der Waals surface area contributed by atoms with Crippen LogP contribution in [0.5, 0.6) is 0 Å². The van der Waals surface area contributed by atoms with Crippen LogP contribution >= 0.6 is 0 Å². The highest BCUT2D eigenvalue weighted by Crippen LogP contribution is 2.40. The van der Waals surface area contributed by atoms with Gasteiger partial charge in [0.2, 0.25) is 0 Å². The van der Waals surface area contributed by atoms with Crippen molar-refractivity contribution in [3.63, 3.8) is 0 Å². The van der Waals surface area contributed by atoms with Crippen LogP contribution in [-0.2, 0) is 13.0 Å². The molecule has 4 nitrogen and oxygen atoms in total. The van der Waals surface area contributed by atoms with E-state index >= 15 is 0 Å². The summed E-state index contributed by atoms with van der Waals surface area (Å²) in [7, 11) is 0. The molecule has 0 fully saturated rings. The molecule has 0 amide bonds. The molecule has 6 rings (SSSR count). The van der Waals surface area contributed by atoms with Gasteiger partial charge in [-0.2, -0.15) is 0 Å². The van der Waals surface area contributed by atoms with Crippen molar-refractivity contribution in [3.8, 4) is 22.5 Å². The molecule has 152 valence electrons. The highest BCUT2D eigenvalue weighted by molar-refractivity contribution is 5.80. The van der Waals surface area contributed by atoms with Crippen molar-refractivity contribution in [3.05, 3.63) is 97.0 Å². The maximum atomic E-state index is 13.6. The van der Waals surface area contributed by atoms with Crippen LogP contribution in [0.1, 0.15) is 18.3 Å². The topological polar surface area (TPSA) is 35.6 Å². The zero-order valence-electron chi connectivity index (χ0n) is 16.9. The number of hydrogen-bond acceptors (Lipinski definition) is 2. The van der Waals surface area contributed by atoms with Crippen molar-refractivity contribution >= 4 is 10.9 Å². The number of halogens is 1. The first kappa shape index (κ1) is 18.1. The average Bonchev–Trinajstić information content (AvgIpc) is 3.50. The van der Waals surface area contributed by atoms with Crippen molar-refractivity contribution in [1.29, 1.82) is 0 Å². The monoisotopic (exact) mass is 408 g/mol. The lowest BCUT2D eigenvalue weighted by Gasteiger charge is -2.19. The van der Waals surface area contributed by atoms with Gasteiger partial charge in [0.25, 0.3) is 0 Å². The first-order chi connectivity index (χ1) is 15.3. The summed E-state index contributed by atoms with van der Waals surface area (Å²) in [4.78, 5) is 9.21. The summed E-state index contributed by atoms with van der Waals surface area (Å²) in [5.74, 6) is 0.853. The van der Waals surface area contributed by atoms with Crippen LogP contribution in [0.3, 0.4) is 0 Å². The van der Waals surface area contributed by atoms with Gasteiger partial charge in [-0.15, -0.1) is 0 Å². The van der Waals surface area contributed by atoms with E-state index in [4.69, 9.17) is 4.98 Å². The summed E-state index contributed by atoms with van der Waals surface area (Å²) in [5.41, 5.74) is 5.25. The van der Waals surface area contributed by atoms with Crippen LogP contribution in [0.2, 0.25) is 0 Å². The lowest BCUT2D eigenvalue weighted by atomic mass is 10.0. The van der Waals surface area contributed by atoms with Gasteiger partial charge in [0.05, 0.1) is 17.4 Å². The molecule has 0 aliphatic carbocycles. The number of fused-ring (bicyclic) bond motifs is 2. The first-order valence-corrected chi connectivity index (χ1v) is 10.6. The van der Waals surface area contributed by atoms with E-state index < -0.39 is 0 Å². The molecule has 1 aliphatic heterocycles. The number of hydrogen-bond donors (Lipinski definition) is 0. The Kier molecular flexibility index (Phi) is 4.20. The van der Waals surface area contributed by atoms with Gasteiger partial charge in [0, 0.05) is 48.2 Å². The zero-order chi connectivity index (χ0) is 20.8. The Labute approximate surface area is 179 Å². The van der Waals surface area contributed by atoms with Crippen LogP contribution in [-0.4, -0.2) is 19.1 Å². The van der Waals surface area contributed by atoms with E-state index in [1.165, 1.54) is 23.0 Å². The predicted octanol–water partition coefficient (Wildman–Crippen LogP) is 5.89. The van der Waals surface area contributed by atoms with Crippen molar-refractivity contribution < 1.29 is 4.39 Å². The van der Waals surface area contributed by atoms with E-state index in [2.05, 4.69) is 50.6 Å². The fourth-order valence-electron chi connectivity index (χ4n) is 4.77. The summed E-state index contributed by atoms with van der Waals surface area (Å²) in [6.07, 6.45) is 7.78. The van der Waals surface area contributed by atoms with Gasteiger partial charge in [-0.25, -0.2) is 9.37 Å². The lowest BCUT2D eigenvalue weighted by Crippen LogP contribution is -2.13. The third-order valence-corrected chi connectivity index (χ3v) is 6.21. The van der Waals surface area contributed by atoms with E-state index in [1.807, 2.05) is 36.7 Å². The van der Waals surface area contributed by atoms with Crippen LogP contribution in [0.15, 0.2) is 85.3 Å². The van der Waals surface area contributed by atoms with Gasteiger partial charge < -0.3 is 9.13 Å². The molecule has 1 unspecified atom stereocenters. The molecule has 0 bridgehead atoms. The molecular weight excluding hydrogens is 387 g/mol. The van der Waals surface area contributed by atoms with Gasteiger partial charge >= 0.3 is 0 Å². The second kappa shape index (κ2) is 7.20. The van der Waals surface area contributed by atoms with E-state index in [1.54, 1.807) is 0 Å². The highest BCUT2D eigenvalue weighted by atomic mass is 19.1. The molecule has 0 radical (unpaired) electrons. The second-order valence-corrected chi connectivity index (χ2v) is 8.06. The van der Waals surface area contributed by atoms with E-state index in [-0.39, 0.29) is 5.82 Å². The van der Waals surface area contributed by atoms with Crippen molar-refractivity contribution in [2.75, 3.05) is 0 Å². The smallest absolute Gasteiger partial charge is 0.123 e. The standard InChI is InChI=1S/C26H21FN4/c27-21-7-5-19(6-8-21)25-26(20-11-14-28-15-12-20)31-22(9-10-24(31)29-25)17-30-16-13-18-3-1-2-4-23(18)30/h1-8,11-16,22H,9-10,17H2. The summed E-state index contributed by atoms with van der Waals surface area (Å²) < 4.78 is 18.3. The molecule has 0 saturated carbocycles. The summed E-state index contributed by atoms with van der Waals surface area (Å²) >= 11 is 0. The molecule has 1 atom stereocenters. The fourth-order valence-corrected chi connectivity index (χ4v) is 4.77. The Morgan fingerprint density at radius 3 is 2.55 bits per heavy atom. The van der Waals surface area contributed by atoms with Crippen LogP contribution < -0.4 is 0 Å². The maximum absolute atomic E-state index is 13.6. The van der Waals surface area contributed by atoms with Gasteiger partial charge in [-0.3, -0.25) is 4.98 Å². The van der Waals surface area contributed by atoms with E-state index in [9.17, 15) is 4.39 Å². The molecule has 3 aromatic heterocycles. The number of pyridine rings is 1.